The average molecular weight is 269 g/mol. The number of nitro groups is 2. The lowest BCUT2D eigenvalue weighted by Crippen LogP contribution is -2.26. The SMILES string of the molecule is COCCNC(=O)c1ccc([N+](=O)[O-])c([N+](=O)[O-])c1. The van der Waals surface area contributed by atoms with Gasteiger partial charge >= 0.3 is 11.4 Å². The van der Waals surface area contributed by atoms with Crippen molar-refractivity contribution < 1.29 is 19.4 Å². The fourth-order valence-electron chi connectivity index (χ4n) is 1.33. The third kappa shape index (κ3) is 3.71. The summed E-state index contributed by atoms with van der Waals surface area (Å²) in [7, 11) is 1.46. The molecule has 0 saturated carbocycles. The van der Waals surface area contributed by atoms with Crippen molar-refractivity contribution in [3.05, 3.63) is 44.0 Å². The topological polar surface area (TPSA) is 125 Å². The first-order valence-electron chi connectivity index (χ1n) is 5.17. The van der Waals surface area contributed by atoms with Gasteiger partial charge in [-0.1, -0.05) is 0 Å². The van der Waals surface area contributed by atoms with Crippen LogP contribution in [0.15, 0.2) is 18.2 Å². The van der Waals surface area contributed by atoms with Crippen LogP contribution in [-0.2, 0) is 4.74 Å². The van der Waals surface area contributed by atoms with E-state index >= 15 is 0 Å². The zero-order valence-corrected chi connectivity index (χ0v) is 9.99. The van der Waals surface area contributed by atoms with E-state index in [2.05, 4.69) is 5.32 Å². The second-order valence-electron chi connectivity index (χ2n) is 3.47. The second kappa shape index (κ2) is 6.40. The highest BCUT2D eigenvalue weighted by Crippen LogP contribution is 2.27. The Labute approximate surface area is 107 Å². The van der Waals surface area contributed by atoms with E-state index in [1.165, 1.54) is 7.11 Å². The van der Waals surface area contributed by atoms with E-state index in [4.69, 9.17) is 4.74 Å². The van der Waals surface area contributed by atoms with Crippen LogP contribution >= 0.6 is 0 Å². The molecule has 1 aromatic rings. The van der Waals surface area contributed by atoms with Crippen LogP contribution in [0.5, 0.6) is 0 Å². The summed E-state index contributed by atoms with van der Waals surface area (Å²) in [6, 6.07) is 2.97. The number of benzene rings is 1. The van der Waals surface area contributed by atoms with Crippen LogP contribution in [0.2, 0.25) is 0 Å². The molecule has 1 rings (SSSR count). The molecule has 0 heterocycles. The molecule has 0 aliphatic heterocycles. The third-order valence-electron chi connectivity index (χ3n) is 2.22. The molecule has 9 nitrogen and oxygen atoms in total. The van der Waals surface area contributed by atoms with E-state index in [1.807, 2.05) is 0 Å². The number of nitrogens with one attached hydrogen (secondary N) is 1. The third-order valence-corrected chi connectivity index (χ3v) is 2.22. The zero-order valence-electron chi connectivity index (χ0n) is 9.99. The molecule has 1 amide bonds. The van der Waals surface area contributed by atoms with Gasteiger partial charge in [-0.25, -0.2) is 0 Å². The number of carbonyl (C=O) groups excluding carboxylic acids is 1. The average Bonchev–Trinajstić information content (AvgIpc) is 2.38. The van der Waals surface area contributed by atoms with Crippen molar-refractivity contribution in [1.29, 1.82) is 0 Å². The highest BCUT2D eigenvalue weighted by molar-refractivity contribution is 5.95. The van der Waals surface area contributed by atoms with Crippen LogP contribution in [0.3, 0.4) is 0 Å². The molecule has 0 aliphatic rings. The van der Waals surface area contributed by atoms with Crippen molar-refractivity contribution in [3.63, 3.8) is 0 Å². The molecule has 1 N–H and O–H groups in total. The first-order valence-corrected chi connectivity index (χ1v) is 5.17. The van der Waals surface area contributed by atoms with Gasteiger partial charge in [0, 0.05) is 31.4 Å². The molecule has 0 fully saturated rings. The van der Waals surface area contributed by atoms with Crippen LogP contribution in [0.4, 0.5) is 11.4 Å². The van der Waals surface area contributed by atoms with Gasteiger partial charge in [-0.2, -0.15) is 0 Å². The van der Waals surface area contributed by atoms with Gasteiger partial charge in [0.05, 0.1) is 16.5 Å². The van der Waals surface area contributed by atoms with Gasteiger partial charge in [0.1, 0.15) is 0 Å². The summed E-state index contributed by atoms with van der Waals surface area (Å²) in [6.07, 6.45) is 0. The van der Waals surface area contributed by atoms with Crippen LogP contribution < -0.4 is 5.32 Å². The number of methoxy groups -OCH3 is 1. The fourth-order valence-corrected chi connectivity index (χ4v) is 1.33. The number of hydrogen-bond donors (Lipinski definition) is 1. The summed E-state index contributed by atoms with van der Waals surface area (Å²) in [5.41, 5.74) is -1.39. The quantitative estimate of drug-likeness (QED) is 0.464. The molecule has 19 heavy (non-hydrogen) atoms. The monoisotopic (exact) mass is 269 g/mol. The van der Waals surface area contributed by atoms with Crippen LogP contribution in [0, 0.1) is 20.2 Å². The molecular weight excluding hydrogens is 258 g/mol. The Hall–Kier alpha value is -2.55. The minimum Gasteiger partial charge on any atom is -0.383 e. The van der Waals surface area contributed by atoms with Crippen molar-refractivity contribution in [3.8, 4) is 0 Å². The maximum Gasteiger partial charge on any atom is 0.346 e. The first kappa shape index (κ1) is 14.5. The lowest BCUT2D eigenvalue weighted by molar-refractivity contribution is -0.422. The van der Waals surface area contributed by atoms with Gasteiger partial charge in [0.2, 0.25) is 0 Å². The maximum absolute atomic E-state index is 11.6. The molecule has 0 atom stereocenters. The minimum atomic E-state index is -0.899. The normalized spacial score (nSPS) is 9.95. The Kier molecular flexibility index (Phi) is 4.89. The molecule has 102 valence electrons. The molecule has 0 saturated heterocycles. The molecule has 9 heteroatoms. The lowest BCUT2D eigenvalue weighted by atomic mass is 10.1. The van der Waals surface area contributed by atoms with E-state index in [1.54, 1.807) is 0 Å². The van der Waals surface area contributed by atoms with Gasteiger partial charge < -0.3 is 10.1 Å². The Morgan fingerprint density at radius 1 is 1.26 bits per heavy atom. The van der Waals surface area contributed by atoms with Crippen molar-refractivity contribution in [2.75, 3.05) is 20.3 Å². The number of amides is 1. The Morgan fingerprint density at radius 3 is 2.42 bits per heavy atom. The number of carbonyl (C=O) groups is 1. The molecule has 1 aromatic carbocycles. The van der Waals surface area contributed by atoms with Crippen LogP contribution in [-0.4, -0.2) is 36.0 Å². The number of ether oxygens (including phenoxy) is 1. The van der Waals surface area contributed by atoms with Gasteiger partial charge in [-0.05, 0) is 6.07 Å². The molecule has 0 unspecified atom stereocenters. The molecule has 0 bridgehead atoms. The highest BCUT2D eigenvalue weighted by atomic mass is 16.6. The molecular formula is C10H11N3O6. The number of hydrogen-bond acceptors (Lipinski definition) is 6. The minimum absolute atomic E-state index is 0.0200. The van der Waals surface area contributed by atoms with Crippen molar-refractivity contribution in [2.45, 2.75) is 0 Å². The summed E-state index contributed by atoms with van der Waals surface area (Å²) in [5.74, 6) is -0.560. The van der Waals surface area contributed by atoms with Crippen molar-refractivity contribution in [1.82, 2.24) is 5.32 Å². The van der Waals surface area contributed by atoms with Crippen molar-refractivity contribution in [2.24, 2.45) is 0 Å². The zero-order chi connectivity index (χ0) is 14.4. The smallest absolute Gasteiger partial charge is 0.346 e. The van der Waals surface area contributed by atoms with Gasteiger partial charge in [0.15, 0.2) is 0 Å². The largest absolute Gasteiger partial charge is 0.383 e. The Morgan fingerprint density at radius 2 is 1.89 bits per heavy atom. The fraction of sp³-hybridized carbons (Fsp3) is 0.300. The summed E-state index contributed by atoms with van der Waals surface area (Å²) in [4.78, 5) is 31.2. The number of rotatable bonds is 6. The van der Waals surface area contributed by atoms with E-state index in [9.17, 15) is 25.0 Å². The lowest BCUT2D eigenvalue weighted by Gasteiger charge is -2.04. The van der Waals surface area contributed by atoms with Crippen LogP contribution in [0.25, 0.3) is 0 Å². The Balaban J connectivity index is 2.98. The van der Waals surface area contributed by atoms with Crippen molar-refractivity contribution >= 4 is 17.3 Å². The van der Waals surface area contributed by atoms with E-state index in [0.717, 1.165) is 18.2 Å². The molecule has 0 spiro atoms. The summed E-state index contributed by atoms with van der Waals surface area (Å²) in [6.45, 7) is 0.529. The number of nitrogens with zero attached hydrogens (tertiary/aromatic N) is 2. The summed E-state index contributed by atoms with van der Waals surface area (Å²) in [5, 5.41) is 23.8. The standard InChI is InChI=1S/C10H11N3O6/c1-19-5-4-11-10(14)7-2-3-8(12(15)16)9(6-7)13(17)18/h2-3,6H,4-5H2,1H3,(H,11,14). The second-order valence-corrected chi connectivity index (χ2v) is 3.47. The van der Waals surface area contributed by atoms with E-state index < -0.39 is 27.1 Å². The molecule has 0 radical (unpaired) electrons. The highest BCUT2D eigenvalue weighted by Gasteiger charge is 2.25. The van der Waals surface area contributed by atoms with Gasteiger partial charge in [-0.3, -0.25) is 25.0 Å². The summed E-state index contributed by atoms with van der Waals surface area (Å²) >= 11 is 0. The van der Waals surface area contributed by atoms with Gasteiger partial charge in [-0.15, -0.1) is 0 Å². The first-order chi connectivity index (χ1) is 8.97. The summed E-state index contributed by atoms with van der Waals surface area (Å²) < 4.78 is 4.73. The predicted octanol–water partition coefficient (Wildman–Crippen LogP) is 0.879. The number of nitro benzene ring substituents is 2. The Bertz CT molecular complexity index is 516. The van der Waals surface area contributed by atoms with Crippen LogP contribution in [0.1, 0.15) is 10.4 Å². The maximum atomic E-state index is 11.6. The van der Waals surface area contributed by atoms with E-state index in [-0.39, 0.29) is 12.1 Å². The molecule has 0 aromatic heterocycles. The predicted molar refractivity (Wildman–Crippen MR) is 64.0 cm³/mol. The van der Waals surface area contributed by atoms with E-state index in [0.29, 0.717) is 6.61 Å². The van der Waals surface area contributed by atoms with Gasteiger partial charge in [0.25, 0.3) is 5.91 Å². The molecule has 0 aliphatic carbocycles.